The van der Waals surface area contributed by atoms with Crippen molar-refractivity contribution in [3.05, 3.63) is 88.5 Å². The SMILES string of the molecule is Cc1cc(C)nc(SCC(=O)N(Cc2nc(-c3ccccc3)cs2)C(C(=O)Nc2ccc3c(c2)OCO3)C2CC=CCC2)n1. The van der Waals surface area contributed by atoms with E-state index < -0.39 is 6.04 Å². The largest absolute Gasteiger partial charge is 0.454 e. The monoisotopic (exact) mass is 627 g/mol. The number of nitrogens with one attached hydrogen (secondary N) is 1. The van der Waals surface area contributed by atoms with Crippen LogP contribution in [-0.4, -0.2) is 50.3 Å². The number of aryl methyl sites for hydroxylation is 2. The number of ether oxygens (including phenoxy) is 2. The number of thiazole rings is 1. The maximum absolute atomic E-state index is 14.2. The normalized spacial score (nSPS) is 16.0. The summed E-state index contributed by atoms with van der Waals surface area (Å²) in [4.78, 5) is 43.9. The van der Waals surface area contributed by atoms with E-state index in [1.165, 1.54) is 23.1 Å². The molecule has 0 bridgehead atoms. The molecule has 9 nitrogen and oxygen atoms in total. The van der Waals surface area contributed by atoms with Crippen LogP contribution < -0.4 is 14.8 Å². The van der Waals surface area contributed by atoms with Crippen LogP contribution in [0.2, 0.25) is 0 Å². The summed E-state index contributed by atoms with van der Waals surface area (Å²) in [6.45, 7) is 4.18. The van der Waals surface area contributed by atoms with Crippen LogP contribution in [0.1, 0.15) is 35.7 Å². The van der Waals surface area contributed by atoms with Gasteiger partial charge in [-0.1, -0.05) is 54.2 Å². The van der Waals surface area contributed by atoms with Crippen molar-refractivity contribution in [3.63, 3.8) is 0 Å². The Morgan fingerprint density at radius 1 is 1.02 bits per heavy atom. The van der Waals surface area contributed by atoms with Crippen LogP contribution in [0.4, 0.5) is 5.69 Å². The lowest BCUT2D eigenvalue weighted by molar-refractivity contribution is -0.139. The Hall–Kier alpha value is -4.22. The highest BCUT2D eigenvalue weighted by Crippen LogP contribution is 2.35. The first kappa shape index (κ1) is 29.8. The zero-order valence-corrected chi connectivity index (χ0v) is 26.2. The van der Waals surface area contributed by atoms with Crippen molar-refractivity contribution in [3.8, 4) is 22.8 Å². The molecule has 2 amide bonds. The summed E-state index contributed by atoms with van der Waals surface area (Å²) in [7, 11) is 0. The summed E-state index contributed by atoms with van der Waals surface area (Å²) in [5.74, 6) is 0.829. The van der Waals surface area contributed by atoms with E-state index >= 15 is 0 Å². The molecule has 226 valence electrons. The van der Waals surface area contributed by atoms with Gasteiger partial charge in [-0.25, -0.2) is 15.0 Å². The van der Waals surface area contributed by atoms with Gasteiger partial charge >= 0.3 is 0 Å². The summed E-state index contributed by atoms with van der Waals surface area (Å²) in [6, 6.07) is 16.4. The van der Waals surface area contributed by atoms with Crippen LogP contribution in [0.15, 0.2) is 77.3 Å². The second kappa shape index (κ2) is 13.6. The van der Waals surface area contributed by atoms with Crippen molar-refractivity contribution >= 4 is 40.6 Å². The fraction of sp³-hybridized carbons (Fsp3) is 0.303. The Morgan fingerprint density at radius 2 is 1.82 bits per heavy atom. The number of carbonyl (C=O) groups is 2. The summed E-state index contributed by atoms with van der Waals surface area (Å²) < 4.78 is 11.0. The molecule has 2 aromatic carbocycles. The molecule has 2 atom stereocenters. The van der Waals surface area contributed by atoms with Crippen LogP contribution >= 0.6 is 23.1 Å². The van der Waals surface area contributed by atoms with Gasteiger partial charge in [0.25, 0.3) is 0 Å². The van der Waals surface area contributed by atoms with E-state index in [1.54, 1.807) is 23.1 Å². The number of carbonyl (C=O) groups excluding carboxylic acids is 2. The number of amides is 2. The predicted molar refractivity (Wildman–Crippen MR) is 172 cm³/mol. The molecule has 1 N–H and O–H groups in total. The highest BCUT2D eigenvalue weighted by molar-refractivity contribution is 7.99. The lowest BCUT2D eigenvalue weighted by atomic mass is 9.86. The summed E-state index contributed by atoms with van der Waals surface area (Å²) in [5, 5.41) is 6.37. The Morgan fingerprint density at radius 3 is 2.59 bits per heavy atom. The Balaban J connectivity index is 1.30. The first-order valence-corrected chi connectivity index (χ1v) is 16.4. The maximum atomic E-state index is 14.2. The molecule has 6 rings (SSSR count). The molecule has 1 aliphatic heterocycles. The predicted octanol–water partition coefficient (Wildman–Crippen LogP) is 6.43. The molecular formula is C33H33N5O4S2. The van der Waals surface area contributed by atoms with Gasteiger partial charge in [0.1, 0.15) is 11.0 Å². The molecular weight excluding hydrogens is 595 g/mol. The number of aromatic nitrogens is 3. The number of thioether (sulfide) groups is 1. The summed E-state index contributed by atoms with van der Waals surface area (Å²) >= 11 is 2.77. The molecule has 1 aliphatic carbocycles. The summed E-state index contributed by atoms with van der Waals surface area (Å²) in [5.41, 5.74) is 4.12. The van der Waals surface area contributed by atoms with E-state index in [2.05, 4.69) is 27.4 Å². The number of hydrogen-bond acceptors (Lipinski definition) is 9. The second-order valence-corrected chi connectivity index (χ2v) is 12.7. The van der Waals surface area contributed by atoms with E-state index in [0.717, 1.165) is 40.5 Å². The fourth-order valence-corrected chi connectivity index (χ4v) is 7.12. The molecule has 0 radical (unpaired) electrons. The van der Waals surface area contributed by atoms with Gasteiger partial charge < -0.3 is 19.7 Å². The number of hydrogen-bond donors (Lipinski definition) is 1. The minimum absolute atomic E-state index is 0.0611. The van der Waals surface area contributed by atoms with Gasteiger partial charge in [-0.2, -0.15) is 0 Å². The molecule has 2 unspecified atom stereocenters. The number of allylic oxidation sites excluding steroid dienone is 2. The van der Waals surface area contributed by atoms with Crippen LogP contribution in [0.3, 0.4) is 0 Å². The average molecular weight is 628 g/mol. The Kier molecular flexibility index (Phi) is 9.23. The third-order valence-electron chi connectivity index (χ3n) is 7.53. The van der Waals surface area contributed by atoms with Crippen molar-refractivity contribution in [1.29, 1.82) is 0 Å². The number of benzene rings is 2. The molecule has 44 heavy (non-hydrogen) atoms. The van der Waals surface area contributed by atoms with Gasteiger partial charge in [0.05, 0.1) is 18.0 Å². The quantitative estimate of drug-likeness (QED) is 0.122. The van der Waals surface area contributed by atoms with Crippen molar-refractivity contribution < 1.29 is 19.1 Å². The molecule has 11 heteroatoms. The lowest BCUT2D eigenvalue weighted by Gasteiger charge is -2.36. The Bertz CT molecular complexity index is 1660. The van der Waals surface area contributed by atoms with Gasteiger partial charge in [0.15, 0.2) is 16.7 Å². The molecule has 4 aromatic rings. The zero-order chi connectivity index (χ0) is 30.5. The highest BCUT2D eigenvalue weighted by atomic mass is 32.2. The van der Waals surface area contributed by atoms with E-state index in [1.807, 2.05) is 55.6 Å². The third-order valence-corrected chi connectivity index (χ3v) is 9.20. The fourth-order valence-electron chi connectivity index (χ4n) is 5.48. The minimum Gasteiger partial charge on any atom is -0.454 e. The van der Waals surface area contributed by atoms with Crippen LogP contribution in [0, 0.1) is 19.8 Å². The smallest absolute Gasteiger partial charge is 0.247 e. The molecule has 3 heterocycles. The molecule has 2 aliphatic rings. The lowest BCUT2D eigenvalue weighted by Crippen LogP contribution is -2.51. The molecule has 0 saturated heterocycles. The van der Waals surface area contributed by atoms with Crippen LogP contribution in [0.5, 0.6) is 11.5 Å². The second-order valence-electron chi connectivity index (χ2n) is 10.8. The van der Waals surface area contributed by atoms with Gasteiger partial charge in [-0.3, -0.25) is 9.59 Å². The molecule has 0 fully saturated rings. The maximum Gasteiger partial charge on any atom is 0.247 e. The summed E-state index contributed by atoms with van der Waals surface area (Å²) in [6.07, 6.45) is 6.58. The highest BCUT2D eigenvalue weighted by Gasteiger charge is 2.37. The first-order chi connectivity index (χ1) is 21.4. The minimum atomic E-state index is -0.720. The van der Waals surface area contributed by atoms with Gasteiger partial charge in [0.2, 0.25) is 18.6 Å². The Labute approximate surface area is 264 Å². The van der Waals surface area contributed by atoms with Crippen molar-refractivity contribution in [1.82, 2.24) is 19.9 Å². The van der Waals surface area contributed by atoms with E-state index in [-0.39, 0.29) is 36.8 Å². The molecule has 2 aromatic heterocycles. The standard InChI is InChI=1S/C33H33N5O4S2/c1-21-15-22(2)35-33(34-21)44-19-30(39)38(17-29-37-26(18-43-29)23-9-5-3-6-10-23)31(24-11-7-4-8-12-24)32(40)36-25-13-14-27-28(16-25)42-20-41-27/h3-7,9-10,13-16,18,24,31H,8,11-12,17,19-20H2,1-2H3,(H,36,40). The van der Waals surface area contributed by atoms with Crippen LogP contribution in [0.25, 0.3) is 11.3 Å². The zero-order valence-electron chi connectivity index (χ0n) is 24.6. The number of anilines is 1. The number of nitrogens with zero attached hydrogens (tertiary/aromatic N) is 4. The molecule has 0 saturated carbocycles. The number of rotatable bonds is 10. The van der Waals surface area contributed by atoms with Gasteiger partial charge in [-0.05, 0) is 57.2 Å². The van der Waals surface area contributed by atoms with E-state index in [0.29, 0.717) is 28.8 Å². The van der Waals surface area contributed by atoms with Crippen LogP contribution in [-0.2, 0) is 16.1 Å². The van der Waals surface area contributed by atoms with Crippen molar-refractivity contribution in [2.45, 2.75) is 50.9 Å². The van der Waals surface area contributed by atoms with Crippen molar-refractivity contribution in [2.75, 3.05) is 17.9 Å². The third kappa shape index (κ3) is 7.11. The van der Waals surface area contributed by atoms with Crippen molar-refractivity contribution in [2.24, 2.45) is 5.92 Å². The molecule has 0 spiro atoms. The van der Waals surface area contributed by atoms with E-state index in [4.69, 9.17) is 14.5 Å². The topological polar surface area (TPSA) is 107 Å². The van der Waals surface area contributed by atoms with Gasteiger partial charge in [0, 0.05) is 34.1 Å². The number of fused-ring (bicyclic) bond motifs is 1. The van der Waals surface area contributed by atoms with E-state index in [9.17, 15) is 9.59 Å². The first-order valence-electron chi connectivity index (χ1n) is 14.5. The van der Waals surface area contributed by atoms with Gasteiger partial charge in [-0.15, -0.1) is 11.3 Å². The average Bonchev–Trinajstić information content (AvgIpc) is 3.70.